The molecule has 0 aliphatic heterocycles. The zero-order chi connectivity index (χ0) is 16.6. The van der Waals surface area contributed by atoms with E-state index in [2.05, 4.69) is 36.0 Å². The summed E-state index contributed by atoms with van der Waals surface area (Å²) in [4.78, 5) is 4.27. The summed E-state index contributed by atoms with van der Waals surface area (Å²) in [6.45, 7) is 11.2. The van der Waals surface area contributed by atoms with Crippen molar-refractivity contribution >= 4 is 5.82 Å². The van der Waals surface area contributed by atoms with E-state index in [1.165, 1.54) is 6.42 Å². The molecule has 0 aliphatic carbocycles. The number of nitrogens with one attached hydrogen (secondary N) is 1. The van der Waals surface area contributed by atoms with Crippen molar-refractivity contribution in [2.45, 2.75) is 41.0 Å². The summed E-state index contributed by atoms with van der Waals surface area (Å²) in [6.07, 6.45) is 3.04. The standard InChI is InChI=1S/C15H14N2.C3H8.C2H6.H2/c1-2-16-15-11-10-14(12-17-15)9-8-13-6-4-3-5-7-13;1-3-2;1-2;/h3-7,10-12H,2H2,1H3,(H,16,17);3H2,1-2H3;1-2H3;1H. The van der Waals surface area contributed by atoms with Crippen LogP contribution in [-0.4, -0.2) is 11.5 Å². The molecule has 120 valence electrons. The molecule has 1 heterocycles. The van der Waals surface area contributed by atoms with Crippen LogP contribution in [0.5, 0.6) is 0 Å². The highest BCUT2D eigenvalue weighted by Crippen LogP contribution is 2.04. The maximum atomic E-state index is 4.27. The van der Waals surface area contributed by atoms with E-state index in [0.29, 0.717) is 0 Å². The fourth-order valence-electron chi connectivity index (χ4n) is 1.42. The third-order valence-electron chi connectivity index (χ3n) is 2.25. The molecule has 0 spiro atoms. The van der Waals surface area contributed by atoms with Gasteiger partial charge < -0.3 is 5.32 Å². The van der Waals surface area contributed by atoms with Gasteiger partial charge in [-0.2, -0.15) is 0 Å². The SMILES string of the molecule is CC.CCC.CCNc1ccc(C#Cc2ccccc2)cn1.[HH]. The Morgan fingerprint density at radius 1 is 0.909 bits per heavy atom. The van der Waals surface area contributed by atoms with Crippen molar-refractivity contribution in [2.24, 2.45) is 0 Å². The summed E-state index contributed by atoms with van der Waals surface area (Å²) in [7, 11) is 0. The molecule has 0 saturated heterocycles. The van der Waals surface area contributed by atoms with E-state index in [0.717, 1.165) is 23.5 Å². The van der Waals surface area contributed by atoms with Crippen LogP contribution in [0.2, 0.25) is 0 Å². The van der Waals surface area contributed by atoms with E-state index < -0.39 is 0 Å². The lowest BCUT2D eigenvalue weighted by molar-refractivity contribution is 1.09. The van der Waals surface area contributed by atoms with Crippen molar-refractivity contribution in [3.8, 4) is 11.8 Å². The van der Waals surface area contributed by atoms with Crippen LogP contribution in [0.3, 0.4) is 0 Å². The van der Waals surface area contributed by atoms with Gasteiger partial charge in [-0.05, 0) is 31.2 Å². The molecule has 1 aromatic carbocycles. The first kappa shape index (κ1) is 19.7. The number of aromatic nitrogens is 1. The molecule has 2 heteroatoms. The second-order valence-corrected chi connectivity index (χ2v) is 4.29. The third kappa shape index (κ3) is 8.81. The highest BCUT2D eigenvalue weighted by atomic mass is 15.0. The Balaban J connectivity index is 0. The highest BCUT2D eigenvalue weighted by Gasteiger charge is 1.91. The fourth-order valence-corrected chi connectivity index (χ4v) is 1.42. The van der Waals surface area contributed by atoms with Gasteiger partial charge in [0.25, 0.3) is 0 Å². The van der Waals surface area contributed by atoms with E-state index in [4.69, 9.17) is 0 Å². The van der Waals surface area contributed by atoms with Crippen molar-refractivity contribution in [1.82, 2.24) is 4.98 Å². The second kappa shape index (κ2) is 13.7. The van der Waals surface area contributed by atoms with Crippen LogP contribution in [0.25, 0.3) is 0 Å². The van der Waals surface area contributed by atoms with E-state index >= 15 is 0 Å². The molecule has 0 amide bonds. The molecule has 2 aromatic rings. The molecule has 0 radical (unpaired) electrons. The zero-order valence-corrected chi connectivity index (χ0v) is 14.5. The van der Waals surface area contributed by atoms with Gasteiger partial charge >= 0.3 is 0 Å². The number of benzene rings is 1. The summed E-state index contributed by atoms with van der Waals surface area (Å²) in [6, 6.07) is 13.9. The largest absolute Gasteiger partial charge is 0.370 e. The predicted molar refractivity (Wildman–Crippen MR) is 100 cm³/mol. The molecule has 0 atom stereocenters. The van der Waals surface area contributed by atoms with E-state index in [1.807, 2.05) is 63.2 Å². The number of anilines is 1. The zero-order valence-electron chi connectivity index (χ0n) is 14.5. The van der Waals surface area contributed by atoms with Gasteiger partial charge in [-0.1, -0.05) is 64.2 Å². The summed E-state index contributed by atoms with van der Waals surface area (Å²) in [5.74, 6) is 7.08. The fraction of sp³-hybridized carbons (Fsp3) is 0.350. The first-order valence-corrected chi connectivity index (χ1v) is 8.07. The minimum atomic E-state index is 0. The van der Waals surface area contributed by atoms with Gasteiger partial charge in [0.05, 0.1) is 0 Å². The van der Waals surface area contributed by atoms with E-state index in [9.17, 15) is 0 Å². The van der Waals surface area contributed by atoms with Gasteiger partial charge in [-0.25, -0.2) is 4.98 Å². The lowest BCUT2D eigenvalue weighted by atomic mass is 10.2. The van der Waals surface area contributed by atoms with Gasteiger partial charge in [-0.3, -0.25) is 0 Å². The smallest absolute Gasteiger partial charge is 0.125 e. The van der Waals surface area contributed by atoms with Crippen molar-refractivity contribution in [2.75, 3.05) is 11.9 Å². The summed E-state index contributed by atoms with van der Waals surface area (Å²) < 4.78 is 0. The first-order chi connectivity index (χ1) is 10.8. The van der Waals surface area contributed by atoms with Crippen LogP contribution in [-0.2, 0) is 0 Å². The molecule has 0 aliphatic rings. The molecule has 1 aromatic heterocycles. The molecule has 2 nitrogen and oxygen atoms in total. The lowest BCUT2D eigenvalue weighted by Crippen LogP contribution is -1.98. The molecule has 1 N–H and O–H groups in total. The van der Waals surface area contributed by atoms with Crippen molar-refractivity contribution in [3.63, 3.8) is 0 Å². The van der Waals surface area contributed by atoms with E-state index in [-0.39, 0.29) is 1.43 Å². The Morgan fingerprint density at radius 2 is 1.50 bits per heavy atom. The summed E-state index contributed by atoms with van der Waals surface area (Å²) in [5, 5.41) is 3.15. The average molecular weight is 298 g/mol. The molecular formula is C20H30N2. The predicted octanol–water partition coefficient (Wildman–Crippen LogP) is 5.60. The van der Waals surface area contributed by atoms with Crippen LogP contribution >= 0.6 is 0 Å². The topological polar surface area (TPSA) is 24.9 Å². The molecule has 0 fully saturated rings. The number of pyridine rings is 1. The summed E-state index contributed by atoms with van der Waals surface area (Å²) >= 11 is 0. The Kier molecular flexibility index (Phi) is 12.3. The maximum absolute atomic E-state index is 4.27. The lowest BCUT2D eigenvalue weighted by Gasteiger charge is -2.00. The van der Waals surface area contributed by atoms with Crippen LogP contribution in [0.15, 0.2) is 48.7 Å². The van der Waals surface area contributed by atoms with Gasteiger partial charge in [0.2, 0.25) is 0 Å². The average Bonchev–Trinajstić information content (AvgIpc) is 2.58. The number of hydrogen-bond acceptors (Lipinski definition) is 2. The molecular weight excluding hydrogens is 268 g/mol. The van der Waals surface area contributed by atoms with Gasteiger partial charge in [0.1, 0.15) is 5.82 Å². The van der Waals surface area contributed by atoms with Crippen molar-refractivity contribution in [3.05, 3.63) is 59.8 Å². The number of rotatable bonds is 2. The Labute approximate surface area is 137 Å². The molecule has 0 unspecified atom stereocenters. The Morgan fingerprint density at radius 3 is 2.00 bits per heavy atom. The normalized spacial score (nSPS) is 8.23. The second-order valence-electron chi connectivity index (χ2n) is 4.29. The van der Waals surface area contributed by atoms with Crippen LogP contribution in [0, 0.1) is 11.8 Å². The first-order valence-electron chi connectivity index (χ1n) is 8.07. The molecule has 2 rings (SSSR count). The maximum Gasteiger partial charge on any atom is 0.125 e. The quantitative estimate of drug-likeness (QED) is 0.730. The molecule has 22 heavy (non-hydrogen) atoms. The molecule has 0 saturated carbocycles. The number of nitrogens with zero attached hydrogens (tertiary/aromatic N) is 1. The van der Waals surface area contributed by atoms with Gasteiger partial charge in [0.15, 0.2) is 0 Å². The van der Waals surface area contributed by atoms with Crippen LogP contribution in [0.4, 0.5) is 5.82 Å². The van der Waals surface area contributed by atoms with Gasteiger partial charge in [0, 0.05) is 25.3 Å². The monoisotopic (exact) mass is 298 g/mol. The van der Waals surface area contributed by atoms with E-state index in [1.54, 1.807) is 6.20 Å². The minimum absolute atomic E-state index is 0. The van der Waals surface area contributed by atoms with Gasteiger partial charge in [-0.15, -0.1) is 0 Å². The summed E-state index contributed by atoms with van der Waals surface area (Å²) in [5.41, 5.74) is 1.94. The van der Waals surface area contributed by atoms with Crippen molar-refractivity contribution in [1.29, 1.82) is 0 Å². The number of hydrogen-bond donors (Lipinski definition) is 1. The van der Waals surface area contributed by atoms with Crippen LogP contribution < -0.4 is 5.32 Å². The minimum Gasteiger partial charge on any atom is -0.370 e. The Hall–Kier alpha value is -2.27. The Bertz CT molecular complexity index is 539. The molecule has 0 bridgehead atoms. The third-order valence-corrected chi connectivity index (χ3v) is 2.25. The van der Waals surface area contributed by atoms with Crippen LogP contribution in [0.1, 0.15) is 53.6 Å². The highest BCUT2D eigenvalue weighted by molar-refractivity contribution is 5.44. The van der Waals surface area contributed by atoms with Crippen molar-refractivity contribution < 1.29 is 1.43 Å².